The predicted molar refractivity (Wildman–Crippen MR) is 102 cm³/mol. The summed E-state index contributed by atoms with van der Waals surface area (Å²) in [6.45, 7) is 6.28. The average Bonchev–Trinajstić information content (AvgIpc) is 3.22. The van der Waals surface area contributed by atoms with Crippen LogP contribution in [0.5, 0.6) is 0 Å². The quantitative estimate of drug-likeness (QED) is 0.284. The zero-order valence-corrected chi connectivity index (χ0v) is 17.1. The summed E-state index contributed by atoms with van der Waals surface area (Å²) >= 11 is 0. The van der Waals surface area contributed by atoms with Crippen molar-refractivity contribution in [2.24, 2.45) is 5.92 Å². The van der Waals surface area contributed by atoms with Crippen LogP contribution in [-0.2, 0) is 28.8 Å². The molecule has 162 valence electrons. The molecule has 1 atom stereocenters. The fourth-order valence-corrected chi connectivity index (χ4v) is 3.43. The number of nitrogens with zero attached hydrogens (tertiary/aromatic N) is 2. The van der Waals surface area contributed by atoms with E-state index >= 15 is 0 Å². The SMILES string of the molecule is C[13CH](C)[13CH2]N1CCC[13CH]1C(=O)[15NH][13CH2][13CH2][13C](=O)[15NH]CC[13C](=O)ON1C(=O)CCC1=O. The maximum absolute atomic E-state index is 12.3. The molecule has 2 saturated heterocycles. The van der Waals surface area contributed by atoms with E-state index in [4.69, 9.17) is 4.84 Å². The number of amides is 4. The average molecular weight is 419 g/mol. The molecule has 2 heterocycles. The molecular weight excluding hydrogens is 389 g/mol. The molecule has 2 N–H and O–H groups in total. The van der Waals surface area contributed by atoms with Crippen LogP contribution in [0.25, 0.3) is 0 Å². The molecule has 2 fully saturated rings. The number of carbonyl (C=O) groups excluding carboxylic acids is 5. The Bertz CT molecular complexity index is 635. The Kier molecular flexibility index (Phi) is 8.56. The number of hydrogen-bond donors (Lipinski definition) is 2. The lowest BCUT2D eigenvalue weighted by Gasteiger charge is -2.25. The zero-order valence-electron chi connectivity index (χ0n) is 17.1. The van der Waals surface area contributed by atoms with Gasteiger partial charge in [0, 0.05) is 38.9 Å². The maximum atomic E-state index is 12.3. The van der Waals surface area contributed by atoms with Crippen molar-refractivity contribution in [2.75, 3.05) is 26.2 Å². The second-order valence-electron chi connectivity index (χ2n) is 7.73. The van der Waals surface area contributed by atoms with Crippen LogP contribution in [0.1, 0.15) is 52.4 Å². The van der Waals surface area contributed by atoms with Gasteiger partial charge in [0.05, 0.1) is 12.5 Å². The normalized spacial score (nSPS) is 19.7. The summed E-state index contributed by atoms with van der Waals surface area (Å²) in [7, 11) is 0. The molecule has 10 heteroatoms. The Morgan fingerprint density at radius 3 is 2.38 bits per heavy atom. The van der Waals surface area contributed by atoms with Crippen LogP contribution in [-0.4, -0.2) is 71.8 Å². The summed E-state index contributed by atoms with van der Waals surface area (Å²) < 4.78 is 0. The first-order valence-electron chi connectivity index (χ1n) is 10.1. The van der Waals surface area contributed by atoms with Crippen molar-refractivity contribution in [3.63, 3.8) is 0 Å². The highest BCUT2D eigenvalue weighted by Crippen LogP contribution is 2.18. The number of hydroxylamine groups is 2. The lowest BCUT2D eigenvalue weighted by molar-refractivity contribution is -0.197. The first kappa shape index (κ1) is 22.8. The highest BCUT2D eigenvalue weighted by Gasteiger charge is 2.33. The zero-order chi connectivity index (χ0) is 21.4. The van der Waals surface area contributed by atoms with Crippen molar-refractivity contribution >= 4 is 29.6 Å². The maximum Gasteiger partial charge on any atom is 0.334 e. The van der Waals surface area contributed by atoms with E-state index in [1.807, 2.05) is 0 Å². The number of hydrogen-bond acceptors (Lipinski definition) is 7. The Morgan fingerprint density at radius 1 is 1.07 bits per heavy atom. The summed E-state index contributed by atoms with van der Waals surface area (Å²) in [5.74, 6) is -1.73. The smallest absolute Gasteiger partial charge is 0.334 e. The third-order valence-corrected chi connectivity index (χ3v) is 4.77. The molecule has 0 saturated carbocycles. The van der Waals surface area contributed by atoms with Crippen molar-refractivity contribution in [1.29, 1.82) is 0 Å². The first-order valence-corrected chi connectivity index (χ1v) is 10.1. The lowest BCUT2D eigenvalue weighted by atomic mass is 10.4. The van der Waals surface area contributed by atoms with Crippen molar-refractivity contribution < 1.29 is 28.8 Å². The lowest BCUT2D eigenvalue weighted by Crippen LogP contribution is -2.45. The van der Waals surface area contributed by atoms with Gasteiger partial charge in [0.2, 0.25) is 11.8 Å². The van der Waals surface area contributed by atoms with Crippen LogP contribution >= 0.6 is 0 Å². The monoisotopic (exact) mass is 419 g/mol. The van der Waals surface area contributed by atoms with Gasteiger partial charge < -0.3 is 15.5 Å². The van der Waals surface area contributed by atoms with Crippen LogP contribution in [0.15, 0.2) is 0 Å². The van der Waals surface area contributed by atoms with E-state index in [-0.39, 0.29) is 56.6 Å². The number of carbonyl (C=O) groups is 5. The second kappa shape index (κ2) is 10.9. The van der Waals surface area contributed by atoms with E-state index in [1.54, 1.807) is 0 Å². The Morgan fingerprint density at radius 2 is 1.72 bits per heavy atom. The number of likely N-dealkylation sites (tertiary alicyclic amines) is 1. The minimum absolute atomic E-state index is 0.0205. The van der Waals surface area contributed by atoms with Crippen molar-refractivity contribution in [1.82, 2.24) is 20.6 Å². The third kappa shape index (κ3) is 7.12. The first-order chi connectivity index (χ1) is 13.8. The molecule has 0 spiro atoms. The molecule has 0 aromatic rings. The van der Waals surface area contributed by atoms with E-state index in [0.29, 0.717) is 11.0 Å². The fraction of sp³-hybridized carbons (Fsp3) is 0.737. The summed E-state index contributed by atoms with van der Waals surface area (Å²) in [5.41, 5.74) is 0. The van der Waals surface area contributed by atoms with Crippen molar-refractivity contribution in [3.8, 4) is 0 Å². The molecule has 0 aliphatic carbocycles. The van der Waals surface area contributed by atoms with Crippen LogP contribution in [0, 0.1) is 5.92 Å². The van der Waals surface area contributed by atoms with Crippen molar-refractivity contribution in [3.05, 3.63) is 0 Å². The van der Waals surface area contributed by atoms with Gasteiger partial charge in [-0.25, -0.2) is 4.79 Å². The van der Waals surface area contributed by atoms with E-state index in [1.165, 1.54) is 0 Å². The molecule has 2 rings (SSSR count). The van der Waals surface area contributed by atoms with Gasteiger partial charge in [0.25, 0.3) is 11.8 Å². The molecule has 0 aromatic heterocycles. The van der Waals surface area contributed by atoms with Gasteiger partial charge in [-0.1, -0.05) is 13.8 Å². The molecule has 2 aliphatic rings. The van der Waals surface area contributed by atoms with E-state index in [9.17, 15) is 24.0 Å². The minimum atomic E-state index is -0.770. The summed E-state index contributed by atoms with van der Waals surface area (Å²) in [5, 5.41) is 5.83. The minimum Gasteiger partial charge on any atom is -0.355 e. The van der Waals surface area contributed by atoms with E-state index in [0.717, 1.165) is 25.9 Å². The van der Waals surface area contributed by atoms with Gasteiger partial charge in [-0.15, -0.1) is 5.06 Å². The topological polar surface area (TPSA) is 125 Å². The van der Waals surface area contributed by atoms with Gasteiger partial charge in [0.1, 0.15) is 0 Å². The molecule has 0 radical (unpaired) electrons. The van der Waals surface area contributed by atoms with Crippen LogP contribution in [0.3, 0.4) is 0 Å². The third-order valence-electron chi connectivity index (χ3n) is 4.77. The van der Waals surface area contributed by atoms with E-state index < -0.39 is 17.8 Å². The number of nitrogens with one attached hydrogen (secondary N) is 2. The Hall–Kier alpha value is -2.49. The fourth-order valence-electron chi connectivity index (χ4n) is 3.43. The molecule has 2 aliphatic heterocycles. The van der Waals surface area contributed by atoms with Crippen LogP contribution in [0.2, 0.25) is 0 Å². The standard InChI is InChI=1S/C19H30N4O6/c1-13(2)12-22-11-3-4-14(22)19(28)21-9-7-15(24)20-10-8-18(27)29-23-16(25)5-6-17(23)26/h13-14H,3-12H2,1-2H3,(H,20,24)(H,21,28)/i7+1,9+1,12+1,13+1,14+1,15+1,18+1,20+1,21+1. The highest BCUT2D eigenvalue weighted by molar-refractivity contribution is 6.01. The Labute approximate surface area is 170 Å². The van der Waals surface area contributed by atoms with Gasteiger partial charge in [-0.3, -0.25) is 24.1 Å². The molecule has 0 aromatic carbocycles. The summed E-state index contributed by atoms with van der Waals surface area (Å²) in [4.78, 5) is 65.4. The van der Waals surface area contributed by atoms with Gasteiger partial charge in [0.15, 0.2) is 0 Å². The van der Waals surface area contributed by atoms with Crippen LogP contribution in [0.4, 0.5) is 0 Å². The Balaban J connectivity index is 1.58. The van der Waals surface area contributed by atoms with Crippen molar-refractivity contribution in [2.45, 2.75) is 58.4 Å². The molecule has 1 unspecified atom stereocenters. The molecule has 0 bridgehead atoms. The molecule has 29 heavy (non-hydrogen) atoms. The number of rotatable bonds is 10. The second-order valence-corrected chi connectivity index (χ2v) is 7.73. The molecule has 4 amide bonds. The van der Waals surface area contributed by atoms with Gasteiger partial charge >= 0.3 is 5.97 Å². The summed E-state index contributed by atoms with van der Waals surface area (Å²) in [6, 6.07) is -0.133. The van der Waals surface area contributed by atoms with Gasteiger partial charge in [-0.05, 0) is 25.3 Å². The van der Waals surface area contributed by atoms with E-state index in [2.05, 4.69) is 29.4 Å². The molecule has 10 nitrogen and oxygen atoms in total. The largest absolute Gasteiger partial charge is 0.355 e. The van der Waals surface area contributed by atoms with Gasteiger partial charge in [-0.2, -0.15) is 0 Å². The number of imide groups is 1. The molecular formula is C19H30N4O6. The highest BCUT2D eigenvalue weighted by atomic mass is 16.8. The summed E-state index contributed by atoms with van der Waals surface area (Å²) in [6.07, 6.45) is 1.82. The predicted octanol–water partition coefficient (Wildman–Crippen LogP) is -0.273. The van der Waals surface area contributed by atoms with Crippen LogP contribution < -0.4 is 10.6 Å².